The van der Waals surface area contributed by atoms with Crippen molar-refractivity contribution in [3.05, 3.63) is 29.6 Å². The fraction of sp³-hybridized carbons (Fsp3) is 0.500. The molecule has 1 saturated heterocycles. The van der Waals surface area contributed by atoms with Gasteiger partial charge in [-0.2, -0.15) is 0 Å². The minimum Gasteiger partial charge on any atom is -0.375 e. The van der Waals surface area contributed by atoms with Crippen LogP contribution in [0.2, 0.25) is 0 Å². The fourth-order valence-corrected chi connectivity index (χ4v) is 4.29. The zero-order chi connectivity index (χ0) is 16.5. The molecule has 1 heterocycles. The summed E-state index contributed by atoms with van der Waals surface area (Å²) in [5, 5.41) is 0. The first-order valence-electron chi connectivity index (χ1n) is 6.92. The summed E-state index contributed by atoms with van der Waals surface area (Å²) in [6.45, 7) is 1.74. The van der Waals surface area contributed by atoms with Gasteiger partial charge in [0.1, 0.15) is 5.82 Å². The predicted octanol–water partition coefficient (Wildman–Crippen LogP) is 0.617. The molecule has 1 amide bonds. The van der Waals surface area contributed by atoms with Crippen LogP contribution < -0.4 is 11.5 Å². The summed E-state index contributed by atoms with van der Waals surface area (Å²) < 4.78 is 44.4. The van der Waals surface area contributed by atoms with Crippen molar-refractivity contribution < 1.29 is 22.3 Å². The van der Waals surface area contributed by atoms with Gasteiger partial charge in [-0.3, -0.25) is 4.79 Å². The Labute approximate surface area is 128 Å². The Kier molecular flexibility index (Phi) is 4.55. The van der Waals surface area contributed by atoms with Crippen molar-refractivity contribution in [3.8, 4) is 0 Å². The van der Waals surface area contributed by atoms with E-state index in [0.29, 0.717) is 19.4 Å². The Balaban J connectivity index is 2.54. The van der Waals surface area contributed by atoms with Gasteiger partial charge < -0.3 is 16.2 Å². The highest BCUT2D eigenvalue weighted by Gasteiger charge is 2.54. The van der Waals surface area contributed by atoms with E-state index in [1.165, 1.54) is 6.92 Å². The van der Waals surface area contributed by atoms with Crippen molar-refractivity contribution in [3.63, 3.8) is 0 Å². The van der Waals surface area contributed by atoms with Crippen LogP contribution >= 0.6 is 0 Å². The average molecular weight is 330 g/mol. The number of halogens is 1. The molecule has 6 nitrogen and oxygen atoms in total. The Morgan fingerprint density at radius 1 is 1.41 bits per heavy atom. The van der Waals surface area contributed by atoms with Crippen molar-refractivity contribution >= 4 is 15.7 Å². The molecule has 1 fully saturated rings. The molecule has 0 saturated carbocycles. The lowest BCUT2D eigenvalue weighted by atomic mass is 10.0. The largest absolute Gasteiger partial charge is 0.375 e. The molecule has 1 aromatic carbocycles. The van der Waals surface area contributed by atoms with E-state index in [0.717, 1.165) is 24.6 Å². The molecule has 122 valence electrons. The summed E-state index contributed by atoms with van der Waals surface area (Å²) in [6, 6.07) is 3.23. The Hall–Kier alpha value is -1.51. The van der Waals surface area contributed by atoms with Crippen molar-refractivity contribution in [2.24, 2.45) is 11.5 Å². The number of primary amides is 1. The van der Waals surface area contributed by atoms with Crippen LogP contribution in [0.25, 0.3) is 0 Å². The second kappa shape index (κ2) is 5.94. The van der Waals surface area contributed by atoms with E-state index in [-0.39, 0.29) is 10.5 Å². The third kappa shape index (κ3) is 2.62. The minimum absolute atomic E-state index is 0.137. The molecule has 1 aliphatic heterocycles. The number of rotatable bonds is 4. The molecular formula is C14H19FN2O4S. The quantitative estimate of drug-likeness (QED) is 0.786. The third-order valence-electron chi connectivity index (χ3n) is 3.93. The van der Waals surface area contributed by atoms with Crippen LogP contribution in [0.1, 0.15) is 24.8 Å². The zero-order valence-corrected chi connectivity index (χ0v) is 13.0. The summed E-state index contributed by atoms with van der Waals surface area (Å²) >= 11 is 0. The highest BCUT2D eigenvalue weighted by Crippen LogP contribution is 2.31. The van der Waals surface area contributed by atoms with Gasteiger partial charge in [0.25, 0.3) is 5.91 Å². The Morgan fingerprint density at radius 2 is 2.09 bits per heavy atom. The maximum absolute atomic E-state index is 13.4. The lowest BCUT2D eigenvalue weighted by Gasteiger charge is -2.36. The first kappa shape index (κ1) is 16.9. The number of benzene rings is 1. The van der Waals surface area contributed by atoms with Crippen LogP contribution in [0.15, 0.2) is 23.1 Å². The van der Waals surface area contributed by atoms with Gasteiger partial charge >= 0.3 is 0 Å². The number of hydrogen-bond acceptors (Lipinski definition) is 5. The lowest BCUT2D eigenvalue weighted by Crippen LogP contribution is -2.66. The number of hydrogen-bond donors (Lipinski definition) is 2. The maximum atomic E-state index is 13.4. The number of aryl methyl sites for hydroxylation is 1. The molecule has 1 aliphatic rings. The van der Waals surface area contributed by atoms with Gasteiger partial charge in [-0.1, -0.05) is 0 Å². The first-order valence-corrected chi connectivity index (χ1v) is 8.40. The molecule has 0 aliphatic carbocycles. The van der Waals surface area contributed by atoms with Gasteiger partial charge in [0.15, 0.2) is 0 Å². The van der Waals surface area contributed by atoms with Crippen molar-refractivity contribution in [2.45, 2.75) is 42.1 Å². The van der Waals surface area contributed by atoms with Gasteiger partial charge in [-0.25, -0.2) is 12.8 Å². The van der Waals surface area contributed by atoms with E-state index in [2.05, 4.69) is 0 Å². The normalized spacial score (nSPS) is 22.0. The van der Waals surface area contributed by atoms with Crippen LogP contribution in [0.3, 0.4) is 0 Å². The minimum atomic E-state index is -4.33. The number of carbonyl (C=O) groups is 1. The highest BCUT2D eigenvalue weighted by molar-refractivity contribution is 7.93. The second-order valence-corrected chi connectivity index (χ2v) is 7.58. The molecule has 2 rings (SSSR count). The summed E-state index contributed by atoms with van der Waals surface area (Å²) in [7, 11) is -4.33. The molecule has 0 aromatic heterocycles. The Bertz CT molecular complexity index is 686. The SMILES string of the molecule is Cc1cc(S(=O)(=O)C(N)(C(N)=O)C2CCCCO2)ccc1F. The predicted molar refractivity (Wildman–Crippen MR) is 78.0 cm³/mol. The summed E-state index contributed by atoms with van der Waals surface area (Å²) in [5.41, 5.74) is 11.4. The van der Waals surface area contributed by atoms with Crippen molar-refractivity contribution in [1.29, 1.82) is 0 Å². The van der Waals surface area contributed by atoms with E-state index < -0.39 is 32.5 Å². The van der Waals surface area contributed by atoms with E-state index in [4.69, 9.17) is 16.2 Å². The molecule has 4 N–H and O–H groups in total. The molecule has 0 bridgehead atoms. The van der Waals surface area contributed by atoms with Crippen molar-refractivity contribution in [1.82, 2.24) is 0 Å². The summed E-state index contributed by atoms with van der Waals surface area (Å²) in [6.07, 6.45) is 0.753. The summed E-state index contributed by atoms with van der Waals surface area (Å²) in [5.74, 6) is -1.73. The molecule has 22 heavy (non-hydrogen) atoms. The topological polar surface area (TPSA) is 112 Å². The number of carbonyl (C=O) groups excluding carboxylic acids is 1. The van der Waals surface area contributed by atoms with Gasteiger partial charge in [-0.15, -0.1) is 0 Å². The van der Waals surface area contributed by atoms with Crippen LogP contribution in [0.5, 0.6) is 0 Å². The van der Waals surface area contributed by atoms with E-state index in [1.54, 1.807) is 0 Å². The molecule has 0 spiro atoms. The second-order valence-electron chi connectivity index (χ2n) is 5.43. The third-order valence-corrected chi connectivity index (χ3v) is 6.16. The lowest BCUT2D eigenvalue weighted by molar-refractivity contribution is -0.126. The first-order chi connectivity index (χ1) is 10.2. The Morgan fingerprint density at radius 3 is 2.59 bits per heavy atom. The number of ether oxygens (including phenoxy) is 1. The van der Waals surface area contributed by atoms with E-state index in [1.807, 2.05) is 0 Å². The molecule has 1 aromatic rings. The van der Waals surface area contributed by atoms with Gasteiger partial charge in [0, 0.05) is 6.61 Å². The summed E-state index contributed by atoms with van der Waals surface area (Å²) in [4.78, 5) is 9.23. The number of sulfone groups is 1. The molecule has 8 heteroatoms. The average Bonchev–Trinajstić information content (AvgIpc) is 2.49. The molecule has 2 unspecified atom stereocenters. The fourth-order valence-electron chi connectivity index (χ4n) is 2.52. The van der Waals surface area contributed by atoms with Crippen LogP contribution in [0, 0.1) is 12.7 Å². The molecule has 2 atom stereocenters. The number of amides is 1. The maximum Gasteiger partial charge on any atom is 0.256 e. The zero-order valence-electron chi connectivity index (χ0n) is 12.2. The van der Waals surface area contributed by atoms with Crippen LogP contribution in [0.4, 0.5) is 4.39 Å². The highest BCUT2D eigenvalue weighted by atomic mass is 32.2. The smallest absolute Gasteiger partial charge is 0.256 e. The van der Waals surface area contributed by atoms with E-state index in [9.17, 15) is 17.6 Å². The van der Waals surface area contributed by atoms with Gasteiger partial charge in [0.05, 0.1) is 11.0 Å². The molecular weight excluding hydrogens is 311 g/mol. The van der Waals surface area contributed by atoms with Crippen LogP contribution in [-0.2, 0) is 19.4 Å². The monoisotopic (exact) mass is 330 g/mol. The molecule has 0 radical (unpaired) electrons. The van der Waals surface area contributed by atoms with Crippen molar-refractivity contribution in [2.75, 3.05) is 6.61 Å². The van der Waals surface area contributed by atoms with Gasteiger partial charge in [0.2, 0.25) is 14.7 Å². The van der Waals surface area contributed by atoms with Gasteiger partial charge in [-0.05, 0) is 49.9 Å². The number of nitrogens with two attached hydrogens (primary N) is 2. The van der Waals surface area contributed by atoms with E-state index >= 15 is 0 Å². The standard InChI is InChI=1S/C14H19FN2O4S/c1-9-8-10(5-6-11(9)15)22(19,20)14(17,13(16)18)12-4-2-3-7-21-12/h5-6,8,12H,2-4,7,17H2,1H3,(H2,16,18). The van der Waals surface area contributed by atoms with Crippen LogP contribution in [-0.4, -0.2) is 31.9 Å².